The average molecular weight is 353 g/mol. The summed E-state index contributed by atoms with van der Waals surface area (Å²) in [5.74, 6) is -0.585. The molecule has 0 fully saturated rings. The van der Waals surface area contributed by atoms with Crippen LogP contribution in [0.25, 0.3) is 0 Å². The Hall–Kier alpha value is -2.09. The van der Waals surface area contributed by atoms with Gasteiger partial charge in [0.15, 0.2) is 0 Å². The summed E-state index contributed by atoms with van der Waals surface area (Å²) in [7, 11) is -3.35. The predicted octanol–water partition coefficient (Wildman–Crippen LogP) is 0.653. The van der Waals surface area contributed by atoms with E-state index in [1.807, 2.05) is 13.8 Å². The van der Waals surface area contributed by atoms with E-state index in [-0.39, 0.29) is 24.4 Å². The quantitative estimate of drug-likeness (QED) is 0.785. The van der Waals surface area contributed by atoms with Gasteiger partial charge in [-0.3, -0.25) is 13.9 Å². The van der Waals surface area contributed by atoms with Crippen LogP contribution in [0.5, 0.6) is 0 Å². The number of carbonyl (C=O) groups is 2. The van der Waals surface area contributed by atoms with E-state index >= 15 is 0 Å². The van der Waals surface area contributed by atoms with E-state index < -0.39 is 10.0 Å². The molecule has 2 N–H and O–H groups in total. The number of nitrogens with zero attached hydrogens (tertiary/aromatic N) is 1. The van der Waals surface area contributed by atoms with Crippen LogP contribution in [0.15, 0.2) is 18.2 Å². The van der Waals surface area contributed by atoms with Gasteiger partial charge in [-0.25, -0.2) is 8.42 Å². The second-order valence-electron chi connectivity index (χ2n) is 5.99. The van der Waals surface area contributed by atoms with Gasteiger partial charge in [0.25, 0.3) is 5.91 Å². The highest BCUT2D eigenvalue weighted by molar-refractivity contribution is 7.92. The Bertz CT molecular complexity index is 746. The summed E-state index contributed by atoms with van der Waals surface area (Å²) in [5, 5.41) is 5.25. The lowest BCUT2D eigenvalue weighted by atomic mass is 10.1. The van der Waals surface area contributed by atoms with Gasteiger partial charge in [-0.1, -0.05) is 6.92 Å². The molecule has 0 aromatic heterocycles. The van der Waals surface area contributed by atoms with E-state index in [0.29, 0.717) is 24.2 Å². The third-order valence-electron chi connectivity index (χ3n) is 3.83. The molecule has 1 unspecified atom stereocenters. The molecule has 0 saturated heterocycles. The molecule has 2 amide bonds. The molecule has 0 bridgehead atoms. The van der Waals surface area contributed by atoms with E-state index in [2.05, 4.69) is 10.6 Å². The zero-order valence-electron chi connectivity index (χ0n) is 14.1. The average Bonchev–Trinajstić information content (AvgIpc) is 2.85. The summed E-state index contributed by atoms with van der Waals surface area (Å²) in [6.07, 6.45) is 2.56. The first-order valence-corrected chi connectivity index (χ1v) is 9.76. The minimum atomic E-state index is -3.35. The molecule has 7 nitrogen and oxygen atoms in total. The van der Waals surface area contributed by atoms with E-state index in [9.17, 15) is 18.0 Å². The van der Waals surface area contributed by atoms with Gasteiger partial charge in [-0.05, 0) is 43.5 Å². The number of nitrogens with one attached hydrogen (secondary N) is 2. The third-order valence-corrected chi connectivity index (χ3v) is 5.10. The fourth-order valence-electron chi connectivity index (χ4n) is 2.84. The molecule has 1 aromatic rings. The van der Waals surface area contributed by atoms with Gasteiger partial charge in [0.2, 0.25) is 15.9 Å². The number of rotatable bonds is 6. The molecular formula is C16H23N3O4S. The Morgan fingerprint density at radius 3 is 2.62 bits per heavy atom. The van der Waals surface area contributed by atoms with Gasteiger partial charge < -0.3 is 10.6 Å². The molecule has 24 heavy (non-hydrogen) atoms. The molecule has 1 aromatic carbocycles. The monoisotopic (exact) mass is 353 g/mol. The second-order valence-corrected chi connectivity index (χ2v) is 7.85. The Kier molecular flexibility index (Phi) is 5.48. The van der Waals surface area contributed by atoms with Gasteiger partial charge in [-0.2, -0.15) is 0 Å². The summed E-state index contributed by atoms with van der Waals surface area (Å²) in [6, 6.07) is 4.74. The smallest absolute Gasteiger partial charge is 0.251 e. The van der Waals surface area contributed by atoms with Crippen molar-refractivity contribution in [2.24, 2.45) is 0 Å². The Morgan fingerprint density at radius 2 is 2.00 bits per heavy atom. The molecule has 0 spiro atoms. The molecule has 132 valence electrons. The lowest BCUT2D eigenvalue weighted by Gasteiger charge is -2.21. The van der Waals surface area contributed by atoms with Gasteiger partial charge in [0.05, 0.1) is 18.5 Å². The summed E-state index contributed by atoms with van der Waals surface area (Å²) < 4.78 is 25.2. The van der Waals surface area contributed by atoms with Gasteiger partial charge >= 0.3 is 0 Å². The van der Waals surface area contributed by atoms with Crippen molar-refractivity contribution in [1.82, 2.24) is 10.6 Å². The molecule has 0 saturated carbocycles. The molecule has 1 heterocycles. The van der Waals surface area contributed by atoms with Crippen LogP contribution >= 0.6 is 0 Å². The largest absolute Gasteiger partial charge is 0.355 e. The van der Waals surface area contributed by atoms with Crippen LogP contribution in [0.4, 0.5) is 5.69 Å². The van der Waals surface area contributed by atoms with E-state index in [1.165, 1.54) is 10.6 Å². The highest BCUT2D eigenvalue weighted by atomic mass is 32.2. The molecule has 1 atom stereocenters. The van der Waals surface area contributed by atoms with Crippen molar-refractivity contribution in [1.29, 1.82) is 0 Å². The standard InChI is InChI=1S/C16H23N3O4S/c1-4-7-17-15(20)10-18-16(21)12-5-6-14-13(9-12)8-11(2)19(14)24(3,22)23/h5-6,9,11H,4,7-8,10H2,1-3H3,(H,17,20)(H,18,21). The molecule has 8 heteroatoms. The highest BCUT2D eigenvalue weighted by Crippen LogP contribution is 2.34. The summed E-state index contributed by atoms with van der Waals surface area (Å²) in [6.45, 7) is 4.28. The number of amides is 2. The first kappa shape index (κ1) is 18.3. The number of hydrogen-bond acceptors (Lipinski definition) is 4. The molecule has 1 aliphatic rings. The minimum Gasteiger partial charge on any atom is -0.355 e. The fraction of sp³-hybridized carbons (Fsp3) is 0.500. The van der Waals surface area contributed by atoms with Crippen LogP contribution in [0.2, 0.25) is 0 Å². The van der Waals surface area contributed by atoms with E-state index in [4.69, 9.17) is 0 Å². The van der Waals surface area contributed by atoms with Crippen molar-refractivity contribution in [3.63, 3.8) is 0 Å². The number of carbonyl (C=O) groups excluding carboxylic acids is 2. The summed E-state index contributed by atoms with van der Waals surface area (Å²) >= 11 is 0. The molecular weight excluding hydrogens is 330 g/mol. The van der Waals surface area contributed by atoms with Crippen LogP contribution in [-0.2, 0) is 21.2 Å². The van der Waals surface area contributed by atoms with Gasteiger partial charge in [-0.15, -0.1) is 0 Å². The number of fused-ring (bicyclic) bond motifs is 1. The third kappa shape index (κ3) is 4.05. The SMILES string of the molecule is CCCNC(=O)CNC(=O)c1ccc2c(c1)CC(C)N2S(C)(=O)=O. The maximum Gasteiger partial charge on any atom is 0.251 e. The lowest BCUT2D eigenvalue weighted by molar-refractivity contribution is -0.120. The van der Waals surface area contributed by atoms with Gasteiger partial charge in [0.1, 0.15) is 0 Å². The Morgan fingerprint density at radius 1 is 1.29 bits per heavy atom. The molecule has 1 aliphatic heterocycles. The first-order chi connectivity index (χ1) is 11.2. The number of anilines is 1. The normalized spacial score (nSPS) is 16.6. The van der Waals surface area contributed by atoms with Crippen LogP contribution in [0.1, 0.15) is 36.2 Å². The van der Waals surface area contributed by atoms with Crippen LogP contribution in [-0.4, -0.2) is 45.6 Å². The van der Waals surface area contributed by atoms with Crippen LogP contribution < -0.4 is 14.9 Å². The molecule has 0 aliphatic carbocycles. The molecule has 0 radical (unpaired) electrons. The van der Waals surface area contributed by atoms with Crippen molar-refractivity contribution >= 4 is 27.5 Å². The number of benzene rings is 1. The van der Waals surface area contributed by atoms with E-state index in [1.54, 1.807) is 18.2 Å². The maximum absolute atomic E-state index is 12.2. The Labute approximate surface area is 142 Å². The lowest BCUT2D eigenvalue weighted by Crippen LogP contribution is -2.37. The van der Waals surface area contributed by atoms with Crippen LogP contribution in [0, 0.1) is 0 Å². The zero-order chi connectivity index (χ0) is 17.9. The molecule has 2 rings (SSSR count). The first-order valence-electron chi connectivity index (χ1n) is 7.91. The van der Waals surface area contributed by atoms with Crippen molar-refractivity contribution in [2.75, 3.05) is 23.7 Å². The van der Waals surface area contributed by atoms with Crippen LogP contribution in [0.3, 0.4) is 0 Å². The van der Waals surface area contributed by atoms with E-state index in [0.717, 1.165) is 12.0 Å². The fourth-order valence-corrected chi connectivity index (χ4v) is 4.10. The van der Waals surface area contributed by atoms with Gasteiger partial charge in [0, 0.05) is 18.2 Å². The zero-order valence-corrected chi connectivity index (χ0v) is 14.9. The Balaban J connectivity index is 2.08. The number of sulfonamides is 1. The van der Waals surface area contributed by atoms with Crippen molar-refractivity contribution in [2.45, 2.75) is 32.7 Å². The summed E-state index contributed by atoms with van der Waals surface area (Å²) in [4.78, 5) is 23.7. The summed E-state index contributed by atoms with van der Waals surface area (Å²) in [5.41, 5.74) is 1.85. The second kappa shape index (κ2) is 7.21. The van der Waals surface area contributed by atoms with Crippen molar-refractivity contribution < 1.29 is 18.0 Å². The highest BCUT2D eigenvalue weighted by Gasteiger charge is 2.32. The maximum atomic E-state index is 12.2. The van der Waals surface area contributed by atoms with Crippen molar-refractivity contribution in [3.05, 3.63) is 29.3 Å². The van der Waals surface area contributed by atoms with Crippen molar-refractivity contribution in [3.8, 4) is 0 Å². The topological polar surface area (TPSA) is 95.6 Å². The number of hydrogen-bond donors (Lipinski definition) is 2. The minimum absolute atomic E-state index is 0.0816. The predicted molar refractivity (Wildman–Crippen MR) is 92.6 cm³/mol.